The van der Waals surface area contributed by atoms with E-state index in [0.717, 1.165) is 21.5 Å². The highest BCUT2D eigenvalue weighted by atomic mass is 35.5. The first-order valence-electron chi connectivity index (χ1n) is 7.63. The Kier molecular flexibility index (Phi) is 4.07. The van der Waals surface area contributed by atoms with Crippen LogP contribution in [0.4, 0.5) is 5.69 Å². The Morgan fingerprint density at radius 2 is 2.16 bits per heavy atom. The number of hydrogen-bond donors (Lipinski definition) is 2. The molecule has 0 saturated carbocycles. The van der Waals surface area contributed by atoms with E-state index in [0.29, 0.717) is 27.6 Å². The van der Waals surface area contributed by atoms with E-state index in [-0.39, 0.29) is 5.56 Å². The molecule has 0 unspecified atom stereocenters. The summed E-state index contributed by atoms with van der Waals surface area (Å²) in [4.78, 5) is 19.9. The second-order valence-corrected chi connectivity index (χ2v) is 7.01. The number of nitrogens with one attached hydrogen (secondary N) is 2. The van der Waals surface area contributed by atoms with Crippen LogP contribution in [0.2, 0.25) is 5.02 Å². The summed E-state index contributed by atoms with van der Waals surface area (Å²) in [6.45, 7) is 0.399. The number of aromatic amines is 1. The summed E-state index contributed by atoms with van der Waals surface area (Å²) in [6, 6.07) is 13.2. The molecule has 2 aromatic carbocycles. The second-order valence-electron chi connectivity index (χ2n) is 5.52. The van der Waals surface area contributed by atoms with Gasteiger partial charge < -0.3 is 15.0 Å². The fourth-order valence-corrected chi connectivity index (χ4v) is 3.86. The van der Waals surface area contributed by atoms with Crippen molar-refractivity contribution < 1.29 is 4.74 Å². The average Bonchev–Trinajstić information content (AvgIpc) is 2.99. The van der Waals surface area contributed by atoms with Crippen LogP contribution in [0.1, 0.15) is 5.82 Å². The van der Waals surface area contributed by atoms with Gasteiger partial charge in [0.1, 0.15) is 16.3 Å². The van der Waals surface area contributed by atoms with Crippen molar-refractivity contribution in [3.8, 4) is 5.75 Å². The van der Waals surface area contributed by atoms with E-state index in [4.69, 9.17) is 16.3 Å². The van der Waals surface area contributed by atoms with Crippen LogP contribution in [0.3, 0.4) is 0 Å². The summed E-state index contributed by atoms with van der Waals surface area (Å²) in [7, 11) is 1.62. The first-order valence-corrected chi connectivity index (χ1v) is 8.82. The summed E-state index contributed by atoms with van der Waals surface area (Å²) in [5, 5.41) is 4.78. The molecule has 0 fully saturated rings. The van der Waals surface area contributed by atoms with Gasteiger partial charge in [-0.2, -0.15) is 0 Å². The second kappa shape index (κ2) is 6.38. The first-order chi connectivity index (χ1) is 12.1. The SMILES string of the molecule is COc1cccc(NCc2nc3c(sc4ccc(Cl)cc43)c(=O)[nH]2)c1. The predicted molar refractivity (Wildman–Crippen MR) is 103 cm³/mol. The van der Waals surface area contributed by atoms with Gasteiger partial charge in [0.2, 0.25) is 0 Å². The third-order valence-electron chi connectivity index (χ3n) is 3.86. The van der Waals surface area contributed by atoms with Crippen LogP contribution in [0.15, 0.2) is 47.3 Å². The first kappa shape index (κ1) is 15.9. The number of thiophene rings is 1. The van der Waals surface area contributed by atoms with Gasteiger partial charge in [0, 0.05) is 26.9 Å². The standard InChI is InChI=1S/C18H14ClN3O2S/c1-24-12-4-2-3-11(8-12)20-9-15-21-16-13-7-10(19)5-6-14(13)25-17(16)18(23)22-15/h2-8,20H,9H2,1H3,(H,21,22,23). The Labute approximate surface area is 152 Å². The number of anilines is 1. The molecule has 2 aromatic heterocycles. The molecular weight excluding hydrogens is 358 g/mol. The summed E-state index contributed by atoms with van der Waals surface area (Å²) in [6.07, 6.45) is 0. The number of aromatic nitrogens is 2. The maximum absolute atomic E-state index is 12.4. The van der Waals surface area contributed by atoms with Crippen LogP contribution in [-0.2, 0) is 6.54 Å². The van der Waals surface area contributed by atoms with Crippen LogP contribution in [0, 0.1) is 0 Å². The van der Waals surface area contributed by atoms with E-state index in [1.54, 1.807) is 7.11 Å². The van der Waals surface area contributed by atoms with E-state index < -0.39 is 0 Å². The molecular formula is C18H14ClN3O2S. The minimum Gasteiger partial charge on any atom is -0.497 e. The van der Waals surface area contributed by atoms with E-state index in [1.807, 2.05) is 42.5 Å². The van der Waals surface area contributed by atoms with Crippen LogP contribution >= 0.6 is 22.9 Å². The average molecular weight is 372 g/mol. The van der Waals surface area contributed by atoms with Gasteiger partial charge in [-0.1, -0.05) is 17.7 Å². The Morgan fingerprint density at radius 1 is 1.28 bits per heavy atom. The quantitative estimate of drug-likeness (QED) is 0.557. The zero-order chi connectivity index (χ0) is 17.4. The summed E-state index contributed by atoms with van der Waals surface area (Å²) >= 11 is 7.52. The molecule has 0 aliphatic heterocycles. The van der Waals surface area contributed by atoms with Crippen molar-refractivity contribution in [1.82, 2.24) is 9.97 Å². The van der Waals surface area contributed by atoms with Crippen LogP contribution in [-0.4, -0.2) is 17.1 Å². The van der Waals surface area contributed by atoms with Gasteiger partial charge in [0.25, 0.3) is 5.56 Å². The molecule has 0 aliphatic rings. The zero-order valence-electron chi connectivity index (χ0n) is 13.3. The maximum atomic E-state index is 12.4. The third kappa shape index (κ3) is 3.06. The van der Waals surface area contributed by atoms with Crippen molar-refractivity contribution in [3.05, 3.63) is 63.7 Å². The van der Waals surface area contributed by atoms with E-state index in [9.17, 15) is 4.79 Å². The van der Waals surface area contributed by atoms with E-state index in [1.165, 1.54) is 11.3 Å². The number of methoxy groups -OCH3 is 1. The van der Waals surface area contributed by atoms with Crippen LogP contribution in [0.5, 0.6) is 5.75 Å². The van der Waals surface area contributed by atoms with Crippen molar-refractivity contribution in [2.75, 3.05) is 12.4 Å². The summed E-state index contributed by atoms with van der Waals surface area (Å²) in [5.74, 6) is 1.33. The molecule has 0 radical (unpaired) electrons. The number of rotatable bonds is 4. The Balaban J connectivity index is 1.71. The molecule has 126 valence electrons. The molecule has 2 N–H and O–H groups in total. The Hall–Kier alpha value is -2.57. The largest absolute Gasteiger partial charge is 0.497 e. The van der Waals surface area contributed by atoms with E-state index >= 15 is 0 Å². The van der Waals surface area contributed by atoms with Crippen LogP contribution in [0.25, 0.3) is 20.3 Å². The van der Waals surface area contributed by atoms with Crippen LogP contribution < -0.4 is 15.6 Å². The lowest BCUT2D eigenvalue weighted by molar-refractivity contribution is 0.415. The molecule has 5 nitrogen and oxygen atoms in total. The van der Waals surface area contributed by atoms with Crippen molar-refractivity contribution in [1.29, 1.82) is 0 Å². The number of ether oxygens (including phenoxy) is 1. The predicted octanol–water partition coefficient (Wildman–Crippen LogP) is 4.41. The maximum Gasteiger partial charge on any atom is 0.268 e. The molecule has 7 heteroatoms. The fourth-order valence-electron chi connectivity index (χ4n) is 2.68. The van der Waals surface area contributed by atoms with Gasteiger partial charge >= 0.3 is 0 Å². The number of H-pyrrole nitrogens is 1. The fraction of sp³-hybridized carbons (Fsp3) is 0.111. The lowest BCUT2D eigenvalue weighted by Crippen LogP contribution is -2.13. The lowest BCUT2D eigenvalue weighted by Gasteiger charge is -2.07. The topological polar surface area (TPSA) is 67.0 Å². The number of benzene rings is 2. The highest BCUT2D eigenvalue weighted by Crippen LogP contribution is 2.32. The van der Waals surface area contributed by atoms with Crippen molar-refractivity contribution in [2.24, 2.45) is 0 Å². The minimum absolute atomic E-state index is 0.134. The molecule has 4 rings (SSSR count). The molecule has 4 aromatic rings. The molecule has 0 amide bonds. The Morgan fingerprint density at radius 3 is 3.00 bits per heavy atom. The molecule has 2 heterocycles. The monoisotopic (exact) mass is 371 g/mol. The van der Waals surface area contributed by atoms with Gasteiger partial charge in [-0.3, -0.25) is 4.79 Å². The van der Waals surface area contributed by atoms with Gasteiger partial charge in [-0.15, -0.1) is 11.3 Å². The number of fused-ring (bicyclic) bond motifs is 3. The van der Waals surface area contributed by atoms with Crippen molar-refractivity contribution in [2.45, 2.75) is 6.54 Å². The minimum atomic E-state index is -0.134. The summed E-state index contributed by atoms with van der Waals surface area (Å²) < 4.78 is 6.82. The molecule has 0 aliphatic carbocycles. The number of halogens is 1. The molecule has 0 bridgehead atoms. The molecule has 0 atom stereocenters. The van der Waals surface area contributed by atoms with E-state index in [2.05, 4.69) is 15.3 Å². The molecule has 0 spiro atoms. The molecule has 25 heavy (non-hydrogen) atoms. The molecule has 0 saturated heterocycles. The Bertz CT molecular complexity index is 1140. The van der Waals surface area contributed by atoms with Gasteiger partial charge in [-0.25, -0.2) is 4.98 Å². The highest BCUT2D eigenvalue weighted by molar-refractivity contribution is 7.25. The normalized spacial score (nSPS) is 11.1. The lowest BCUT2D eigenvalue weighted by atomic mass is 10.2. The van der Waals surface area contributed by atoms with Gasteiger partial charge in [0.15, 0.2) is 0 Å². The highest BCUT2D eigenvalue weighted by Gasteiger charge is 2.12. The number of nitrogens with zero attached hydrogens (tertiary/aromatic N) is 1. The zero-order valence-corrected chi connectivity index (χ0v) is 14.9. The third-order valence-corrected chi connectivity index (χ3v) is 5.26. The smallest absolute Gasteiger partial charge is 0.268 e. The van der Waals surface area contributed by atoms with Gasteiger partial charge in [0.05, 0.1) is 19.2 Å². The van der Waals surface area contributed by atoms with Crippen molar-refractivity contribution in [3.63, 3.8) is 0 Å². The van der Waals surface area contributed by atoms with Gasteiger partial charge in [-0.05, 0) is 30.3 Å². The number of hydrogen-bond acceptors (Lipinski definition) is 5. The summed E-state index contributed by atoms with van der Waals surface area (Å²) in [5.41, 5.74) is 1.44. The van der Waals surface area contributed by atoms with Crippen molar-refractivity contribution >= 4 is 48.9 Å².